The third-order valence-electron chi connectivity index (χ3n) is 4.81. The average molecular weight is 454 g/mol. The lowest BCUT2D eigenvalue weighted by atomic mass is 10.1. The van der Waals surface area contributed by atoms with E-state index in [0.717, 1.165) is 0 Å². The predicted molar refractivity (Wildman–Crippen MR) is 118 cm³/mol. The van der Waals surface area contributed by atoms with Crippen LogP contribution in [0.3, 0.4) is 0 Å². The van der Waals surface area contributed by atoms with Crippen LogP contribution in [0.4, 0.5) is 10.1 Å². The summed E-state index contributed by atoms with van der Waals surface area (Å²) in [6.45, 7) is 0. The molecule has 0 aliphatic carbocycles. The molecule has 0 unspecified atom stereocenters. The van der Waals surface area contributed by atoms with Crippen LogP contribution >= 0.6 is 0 Å². The molecule has 0 atom stereocenters. The zero-order valence-corrected chi connectivity index (χ0v) is 18.0. The Balaban J connectivity index is 1.79. The van der Waals surface area contributed by atoms with Crippen LogP contribution in [0.5, 0.6) is 5.75 Å². The molecule has 10 heteroatoms. The molecule has 2 aromatic heterocycles. The summed E-state index contributed by atoms with van der Waals surface area (Å²) in [6, 6.07) is 14.7. The number of hydrogen-bond acceptors (Lipinski definition) is 5. The molecule has 2 N–H and O–H groups in total. The zero-order chi connectivity index (χ0) is 22.9. The molecule has 8 nitrogen and oxygen atoms in total. The summed E-state index contributed by atoms with van der Waals surface area (Å²) in [5, 5.41) is 7.01. The normalized spacial score (nSPS) is 11.3. The van der Waals surface area contributed by atoms with Gasteiger partial charge in [0.2, 0.25) is 0 Å². The number of carbonyl (C=O) groups excluding carboxylic acids is 1. The monoisotopic (exact) mass is 454 g/mol. The van der Waals surface area contributed by atoms with E-state index >= 15 is 0 Å². The number of halogens is 1. The summed E-state index contributed by atoms with van der Waals surface area (Å²) in [6.07, 6.45) is 1.54. The molecule has 0 fully saturated rings. The molecule has 2 aromatic carbocycles. The van der Waals surface area contributed by atoms with E-state index in [9.17, 15) is 17.6 Å². The smallest absolute Gasteiger partial charge is 0.262 e. The van der Waals surface area contributed by atoms with Gasteiger partial charge >= 0.3 is 0 Å². The van der Waals surface area contributed by atoms with Crippen molar-refractivity contribution in [2.75, 3.05) is 18.9 Å². The van der Waals surface area contributed by atoms with Gasteiger partial charge in [0.05, 0.1) is 28.8 Å². The number of hydrogen-bond donors (Lipinski definition) is 2. The lowest BCUT2D eigenvalue weighted by Crippen LogP contribution is -2.18. The average Bonchev–Trinajstić information content (AvgIpc) is 3.17. The highest BCUT2D eigenvalue weighted by molar-refractivity contribution is 7.92. The second kappa shape index (κ2) is 8.31. The number of anilines is 1. The van der Waals surface area contributed by atoms with E-state index < -0.39 is 21.7 Å². The molecule has 0 aliphatic rings. The molecule has 0 saturated carbocycles. The van der Waals surface area contributed by atoms with Gasteiger partial charge in [0.1, 0.15) is 17.3 Å². The van der Waals surface area contributed by atoms with Gasteiger partial charge < -0.3 is 10.1 Å². The van der Waals surface area contributed by atoms with Gasteiger partial charge in [-0.15, -0.1) is 0 Å². The third-order valence-corrected chi connectivity index (χ3v) is 6.19. The van der Waals surface area contributed by atoms with E-state index in [1.807, 2.05) is 0 Å². The Morgan fingerprint density at radius 2 is 1.84 bits per heavy atom. The first-order valence-corrected chi connectivity index (χ1v) is 11.0. The highest BCUT2D eigenvalue weighted by Gasteiger charge is 2.22. The van der Waals surface area contributed by atoms with Crippen molar-refractivity contribution in [1.29, 1.82) is 0 Å². The number of ether oxygens (including phenoxy) is 1. The Labute approximate surface area is 183 Å². The first-order chi connectivity index (χ1) is 15.3. The molecule has 1 amide bonds. The summed E-state index contributed by atoms with van der Waals surface area (Å²) in [5.74, 6) is -0.412. The minimum Gasteiger partial charge on any atom is -0.497 e. The molecule has 0 radical (unpaired) electrons. The minimum absolute atomic E-state index is 0.0313. The second-order valence-electron chi connectivity index (χ2n) is 6.84. The van der Waals surface area contributed by atoms with Gasteiger partial charge in [-0.2, -0.15) is 5.10 Å². The Hall–Kier alpha value is -3.92. The number of benzene rings is 2. The van der Waals surface area contributed by atoms with E-state index in [1.54, 1.807) is 12.1 Å². The van der Waals surface area contributed by atoms with Crippen molar-refractivity contribution in [3.63, 3.8) is 0 Å². The van der Waals surface area contributed by atoms with Crippen LogP contribution in [0.15, 0.2) is 71.8 Å². The number of fused-ring (bicyclic) bond motifs is 1. The van der Waals surface area contributed by atoms with Crippen molar-refractivity contribution in [2.24, 2.45) is 0 Å². The Morgan fingerprint density at radius 3 is 2.53 bits per heavy atom. The number of pyridine rings is 1. The molecule has 32 heavy (non-hydrogen) atoms. The van der Waals surface area contributed by atoms with Gasteiger partial charge in [0.25, 0.3) is 15.9 Å². The van der Waals surface area contributed by atoms with Gasteiger partial charge in [-0.1, -0.05) is 6.07 Å². The van der Waals surface area contributed by atoms with E-state index in [4.69, 9.17) is 4.74 Å². The fraction of sp³-hybridized carbons (Fsp3) is 0.0909. The van der Waals surface area contributed by atoms with Crippen LogP contribution in [0, 0.1) is 5.82 Å². The molecule has 4 rings (SSSR count). The number of sulfonamides is 1. The number of nitrogens with one attached hydrogen (secondary N) is 2. The van der Waals surface area contributed by atoms with Crippen LogP contribution in [0.2, 0.25) is 0 Å². The maximum Gasteiger partial charge on any atom is 0.262 e. The van der Waals surface area contributed by atoms with Crippen LogP contribution in [-0.2, 0) is 10.0 Å². The van der Waals surface area contributed by atoms with Gasteiger partial charge in [-0.3, -0.25) is 9.52 Å². The Bertz CT molecular complexity index is 1420. The van der Waals surface area contributed by atoms with Gasteiger partial charge in [0, 0.05) is 24.9 Å². The van der Waals surface area contributed by atoms with Crippen molar-refractivity contribution in [3.05, 3.63) is 78.2 Å². The first kappa shape index (κ1) is 21.3. The standard InChI is InChI=1S/C22H19FN4O4S/c1-24-22(28)20-19-12-16(26-32(29,30)18-5-3-4-17(13-18)31-2)10-11-27(19)25-21(20)14-6-8-15(23)9-7-14/h3-13,26H,1-2H3,(H,24,28). The zero-order valence-electron chi connectivity index (χ0n) is 17.2. The summed E-state index contributed by atoms with van der Waals surface area (Å²) in [4.78, 5) is 12.7. The van der Waals surface area contributed by atoms with Gasteiger partial charge in [-0.05, 0) is 48.5 Å². The highest BCUT2D eigenvalue weighted by Crippen LogP contribution is 2.29. The molecule has 164 valence electrons. The molecule has 0 saturated heterocycles. The number of amides is 1. The Morgan fingerprint density at radius 1 is 1.09 bits per heavy atom. The van der Waals surface area contributed by atoms with Crippen molar-refractivity contribution in [1.82, 2.24) is 14.9 Å². The molecular formula is C22H19FN4O4S. The van der Waals surface area contributed by atoms with Crippen LogP contribution in [0.1, 0.15) is 10.4 Å². The number of aromatic nitrogens is 2. The van der Waals surface area contributed by atoms with Crippen LogP contribution in [-0.4, -0.2) is 38.1 Å². The first-order valence-electron chi connectivity index (χ1n) is 9.49. The van der Waals surface area contributed by atoms with E-state index in [1.165, 1.54) is 73.4 Å². The van der Waals surface area contributed by atoms with Gasteiger partial charge in [0.15, 0.2) is 0 Å². The Kier molecular flexibility index (Phi) is 5.54. The predicted octanol–water partition coefficient (Wildman–Crippen LogP) is 3.31. The lowest BCUT2D eigenvalue weighted by Gasteiger charge is -2.10. The largest absolute Gasteiger partial charge is 0.497 e. The number of methoxy groups -OCH3 is 1. The number of nitrogens with zero attached hydrogens (tertiary/aromatic N) is 2. The molecule has 4 aromatic rings. The van der Waals surface area contributed by atoms with Crippen molar-refractivity contribution >= 4 is 27.1 Å². The minimum atomic E-state index is -3.91. The maximum atomic E-state index is 13.4. The summed E-state index contributed by atoms with van der Waals surface area (Å²) >= 11 is 0. The lowest BCUT2D eigenvalue weighted by molar-refractivity contribution is 0.0965. The third kappa shape index (κ3) is 4.00. The summed E-state index contributed by atoms with van der Waals surface area (Å²) < 4.78 is 48.1. The molecule has 0 bridgehead atoms. The van der Waals surface area contributed by atoms with Crippen molar-refractivity contribution < 1.29 is 22.3 Å². The van der Waals surface area contributed by atoms with E-state index in [-0.39, 0.29) is 16.1 Å². The van der Waals surface area contributed by atoms with Crippen LogP contribution < -0.4 is 14.8 Å². The number of rotatable bonds is 6. The quantitative estimate of drug-likeness (QED) is 0.466. The molecular weight excluding hydrogens is 435 g/mol. The summed E-state index contributed by atoms with van der Waals surface area (Å²) in [7, 11) is -0.973. The molecule has 0 spiro atoms. The fourth-order valence-electron chi connectivity index (χ4n) is 3.25. The van der Waals surface area contributed by atoms with Crippen molar-refractivity contribution in [3.8, 4) is 17.0 Å². The number of carbonyl (C=O) groups is 1. The van der Waals surface area contributed by atoms with Crippen LogP contribution in [0.25, 0.3) is 16.8 Å². The van der Waals surface area contributed by atoms with Crippen molar-refractivity contribution in [2.45, 2.75) is 4.90 Å². The van der Waals surface area contributed by atoms with Gasteiger partial charge in [-0.25, -0.2) is 17.3 Å². The molecule has 2 heterocycles. The highest BCUT2D eigenvalue weighted by atomic mass is 32.2. The topological polar surface area (TPSA) is 102 Å². The fourth-order valence-corrected chi connectivity index (χ4v) is 4.33. The van der Waals surface area contributed by atoms with E-state index in [2.05, 4.69) is 15.1 Å². The van der Waals surface area contributed by atoms with E-state index in [0.29, 0.717) is 22.5 Å². The maximum absolute atomic E-state index is 13.4. The summed E-state index contributed by atoms with van der Waals surface area (Å²) in [5.41, 5.74) is 1.76. The molecule has 0 aliphatic heterocycles. The SMILES string of the molecule is CNC(=O)c1c(-c2ccc(F)cc2)nn2ccc(NS(=O)(=O)c3cccc(OC)c3)cc12. The second-order valence-corrected chi connectivity index (χ2v) is 8.52.